The summed E-state index contributed by atoms with van der Waals surface area (Å²) in [5.74, 6) is 3.65. The molecule has 2 nitrogen and oxygen atoms in total. The number of nitrogens with one attached hydrogen (secondary N) is 1. The van der Waals surface area contributed by atoms with Gasteiger partial charge in [0.2, 0.25) is 0 Å². The molecule has 0 saturated heterocycles. The first-order valence-electron chi connectivity index (χ1n) is 5.23. The van der Waals surface area contributed by atoms with E-state index in [1.54, 1.807) is 0 Å². The molecule has 0 aromatic carbocycles. The standard InChI is InChI=1S/C11H20N2/c1-3-8-13(4-2)9-7-12-10-11-5-6-11/h1,11-12H,4-10H2,2H3. The molecule has 0 aliphatic heterocycles. The van der Waals surface area contributed by atoms with Crippen LogP contribution in [0.4, 0.5) is 0 Å². The van der Waals surface area contributed by atoms with E-state index < -0.39 is 0 Å². The van der Waals surface area contributed by atoms with Gasteiger partial charge in [0.05, 0.1) is 6.54 Å². The van der Waals surface area contributed by atoms with Crippen LogP contribution in [0, 0.1) is 18.3 Å². The molecule has 0 unspecified atom stereocenters. The number of likely N-dealkylation sites (N-methyl/N-ethyl adjacent to an activating group) is 1. The Hall–Kier alpha value is -0.520. The predicted octanol–water partition coefficient (Wildman–Crippen LogP) is 0.941. The van der Waals surface area contributed by atoms with E-state index in [-0.39, 0.29) is 0 Å². The van der Waals surface area contributed by atoms with Crippen LogP contribution in [-0.2, 0) is 0 Å². The minimum atomic E-state index is 0.779. The van der Waals surface area contributed by atoms with Crippen molar-refractivity contribution >= 4 is 0 Å². The lowest BCUT2D eigenvalue weighted by Crippen LogP contribution is -2.33. The molecule has 1 aliphatic rings. The van der Waals surface area contributed by atoms with Crippen molar-refractivity contribution in [3.05, 3.63) is 0 Å². The molecule has 0 aromatic rings. The monoisotopic (exact) mass is 180 g/mol. The van der Waals surface area contributed by atoms with Gasteiger partial charge in [-0.2, -0.15) is 0 Å². The lowest BCUT2D eigenvalue weighted by atomic mass is 10.4. The fourth-order valence-electron chi connectivity index (χ4n) is 1.34. The number of nitrogens with zero attached hydrogens (tertiary/aromatic N) is 1. The molecule has 1 saturated carbocycles. The molecule has 1 N–H and O–H groups in total. The van der Waals surface area contributed by atoms with Gasteiger partial charge < -0.3 is 5.32 Å². The molecule has 0 atom stereocenters. The minimum Gasteiger partial charge on any atom is -0.315 e. The van der Waals surface area contributed by atoms with E-state index in [4.69, 9.17) is 6.42 Å². The molecule has 1 aliphatic carbocycles. The molecule has 2 heteroatoms. The van der Waals surface area contributed by atoms with Gasteiger partial charge in [0.25, 0.3) is 0 Å². The predicted molar refractivity (Wildman–Crippen MR) is 56.5 cm³/mol. The lowest BCUT2D eigenvalue weighted by molar-refractivity contribution is 0.321. The summed E-state index contributed by atoms with van der Waals surface area (Å²) in [5.41, 5.74) is 0. The Balaban J connectivity index is 1.92. The summed E-state index contributed by atoms with van der Waals surface area (Å²) in [6.45, 7) is 7.34. The van der Waals surface area contributed by atoms with Crippen LogP contribution >= 0.6 is 0 Å². The average Bonchev–Trinajstić information content (AvgIpc) is 2.94. The van der Waals surface area contributed by atoms with E-state index >= 15 is 0 Å². The number of terminal acetylenes is 1. The van der Waals surface area contributed by atoms with Crippen molar-refractivity contribution in [3.8, 4) is 12.3 Å². The van der Waals surface area contributed by atoms with Crippen molar-refractivity contribution in [1.29, 1.82) is 0 Å². The van der Waals surface area contributed by atoms with Gasteiger partial charge in [-0.25, -0.2) is 0 Å². The zero-order chi connectivity index (χ0) is 9.52. The molecule has 0 bridgehead atoms. The van der Waals surface area contributed by atoms with Crippen molar-refractivity contribution in [1.82, 2.24) is 10.2 Å². The van der Waals surface area contributed by atoms with E-state index in [1.165, 1.54) is 19.4 Å². The topological polar surface area (TPSA) is 15.3 Å². The van der Waals surface area contributed by atoms with Crippen LogP contribution in [0.15, 0.2) is 0 Å². The lowest BCUT2D eigenvalue weighted by Gasteiger charge is -2.17. The first kappa shape index (κ1) is 10.6. The third kappa shape index (κ3) is 4.92. The maximum absolute atomic E-state index is 5.26. The maximum Gasteiger partial charge on any atom is 0.0599 e. The van der Waals surface area contributed by atoms with Gasteiger partial charge in [-0.3, -0.25) is 4.90 Å². The molecule has 0 amide bonds. The van der Waals surface area contributed by atoms with Crippen LogP contribution < -0.4 is 5.32 Å². The van der Waals surface area contributed by atoms with Gasteiger partial charge in [-0.15, -0.1) is 6.42 Å². The molecular formula is C11H20N2. The van der Waals surface area contributed by atoms with E-state index in [1.807, 2.05) is 0 Å². The second-order valence-electron chi connectivity index (χ2n) is 3.72. The highest BCUT2D eigenvalue weighted by molar-refractivity contribution is 4.88. The van der Waals surface area contributed by atoms with Gasteiger partial charge in [-0.05, 0) is 31.8 Å². The summed E-state index contributed by atoms with van der Waals surface area (Å²) < 4.78 is 0. The quantitative estimate of drug-likeness (QED) is 0.463. The third-order valence-corrected chi connectivity index (χ3v) is 2.50. The van der Waals surface area contributed by atoms with E-state index in [2.05, 4.69) is 23.1 Å². The number of rotatable bonds is 7. The Kier molecular flexibility index (Phi) is 4.88. The van der Waals surface area contributed by atoms with Crippen LogP contribution in [0.2, 0.25) is 0 Å². The van der Waals surface area contributed by atoms with Gasteiger partial charge in [0, 0.05) is 13.1 Å². The van der Waals surface area contributed by atoms with Crippen molar-refractivity contribution in [2.75, 3.05) is 32.7 Å². The van der Waals surface area contributed by atoms with Crippen molar-refractivity contribution in [2.24, 2.45) is 5.92 Å². The molecule has 0 aromatic heterocycles. The minimum absolute atomic E-state index is 0.779. The van der Waals surface area contributed by atoms with Crippen LogP contribution in [0.3, 0.4) is 0 Å². The van der Waals surface area contributed by atoms with E-state index in [9.17, 15) is 0 Å². The van der Waals surface area contributed by atoms with Gasteiger partial charge in [0.15, 0.2) is 0 Å². The third-order valence-electron chi connectivity index (χ3n) is 2.50. The molecule has 1 fully saturated rings. The first-order chi connectivity index (χ1) is 6.36. The fraction of sp³-hybridized carbons (Fsp3) is 0.818. The fourth-order valence-corrected chi connectivity index (χ4v) is 1.34. The number of hydrogen-bond acceptors (Lipinski definition) is 2. The second-order valence-corrected chi connectivity index (χ2v) is 3.72. The summed E-state index contributed by atoms with van der Waals surface area (Å²) in [4.78, 5) is 2.28. The molecule has 0 radical (unpaired) electrons. The average molecular weight is 180 g/mol. The van der Waals surface area contributed by atoms with Crippen molar-refractivity contribution in [3.63, 3.8) is 0 Å². The Morgan fingerprint density at radius 3 is 2.85 bits per heavy atom. The second kappa shape index (κ2) is 6.01. The van der Waals surface area contributed by atoms with Crippen molar-refractivity contribution in [2.45, 2.75) is 19.8 Å². The van der Waals surface area contributed by atoms with E-state index in [0.29, 0.717) is 0 Å². The zero-order valence-corrected chi connectivity index (χ0v) is 8.55. The van der Waals surface area contributed by atoms with Crippen molar-refractivity contribution < 1.29 is 0 Å². The van der Waals surface area contributed by atoms with Gasteiger partial charge in [-0.1, -0.05) is 12.8 Å². The molecule has 1 rings (SSSR count). The Bertz CT molecular complexity index is 167. The molecule has 0 spiro atoms. The highest BCUT2D eigenvalue weighted by Gasteiger charge is 2.19. The van der Waals surface area contributed by atoms with Gasteiger partial charge in [0.1, 0.15) is 0 Å². The van der Waals surface area contributed by atoms with Crippen LogP contribution in [0.5, 0.6) is 0 Å². The van der Waals surface area contributed by atoms with E-state index in [0.717, 1.165) is 32.1 Å². The summed E-state index contributed by atoms with van der Waals surface area (Å²) in [6, 6.07) is 0. The zero-order valence-electron chi connectivity index (χ0n) is 8.55. The summed E-state index contributed by atoms with van der Waals surface area (Å²) in [7, 11) is 0. The summed E-state index contributed by atoms with van der Waals surface area (Å²) >= 11 is 0. The smallest absolute Gasteiger partial charge is 0.0599 e. The Morgan fingerprint density at radius 2 is 2.31 bits per heavy atom. The summed E-state index contributed by atoms with van der Waals surface area (Å²) in [6.07, 6.45) is 8.11. The summed E-state index contributed by atoms with van der Waals surface area (Å²) in [5, 5.41) is 3.46. The SMILES string of the molecule is C#CCN(CC)CCNCC1CC1. The highest BCUT2D eigenvalue weighted by Crippen LogP contribution is 2.27. The molecule has 0 heterocycles. The molecule has 13 heavy (non-hydrogen) atoms. The van der Waals surface area contributed by atoms with Crippen LogP contribution in [-0.4, -0.2) is 37.6 Å². The van der Waals surface area contributed by atoms with Crippen LogP contribution in [0.1, 0.15) is 19.8 Å². The Morgan fingerprint density at radius 1 is 1.54 bits per heavy atom. The molecular weight excluding hydrogens is 160 g/mol. The molecule has 74 valence electrons. The first-order valence-corrected chi connectivity index (χ1v) is 5.23. The Labute approximate surface area is 81.7 Å². The van der Waals surface area contributed by atoms with Crippen LogP contribution in [0.25, 0.3) is 0 Å². The largest absolute Gasteiger partial charge is 0.315 e. The maximum atomic E-state index is 5.26. The van der Waals surface area contributed by atoms with Gasteiger partial charge >= 0.3 is 0 Å². The highest BCUT2D eigenvalue weighted by atomic mass is 15.1. The normalized spacial score (nSPS) is 16.1. The number of hydrogen-bond donors (Lipinski definition) is 1.